The third kappa shape index (κ3) is 3.30. The van der Waals surface area contributed by atoms with Crippen LogP contribution in [-0.2, 0) is 0 Å². The van der Waals surface area contributed by atoms with Crippen molar-refractivity contribution in [3.8, 4) is 0 Å². The highest BCUT2D eigenvalue weighted by atomic mass is 32.2. The summed E-state index contributed by atoms with van der Waals surface area (Å²) in [6.45, 7) is 1.54. The standard InChI is InChI=1S/C14H11F3OS/c1-8(18)9-2-5-14(13(17)6-9)19-10-3-4-11(15)12(16)7-10/h2-8,18H,1H3. The van der Waals surface area contributed by atoms with E-state index in [1.165, 1.54) is 25.1 Å². The Kier molecular flexibility index (Phi) is 4.17. The normalized spacial score (nSPS) is 12.5. The molecule has 0 fully saturated rings. The average molecular weight is 284 g/mol. The largest absolute Gasteiger partial charge is 0.389 e. The van der Waals surface area contributed by atoms with Crippen LogP contribution in [0.4, 0.5) is 13.2 Å². The maximum absolute atomic E-state index is 13.8. The molecular weight excluding hydrogens is 273 g/mol. The van der Waals surface area contributed by atoms with E-state index in [4.69, 9.17) is 0 Å². The third-order valence-electron chi connectivity index (χ3n) is 2.56. The van der Waals surface area contributed by atoms with Crippen LogP contribution in [0.5, 0.6) is 0 Å². The van der Waals surface area contributed by atoms with Crippen LogP contribution in [0.1, 0.15) is 18.6 Å². The first-order valence-corrected chi connectivity index (χ1v) is 6.39. The van der Waals surface area contributed by atoms with Gasteiger partial charge < -0.3 is 5.11 Å². The minimum atomic E-state index is -0.967. The lowest BCUT2D eigenvalue weighted by Crippen LogP contribution is -1.93. The van der Waals surface area contributed by atoms with Gasteiger partial charge in [-0.25, -0.2) is 13.2 Å². The molecule has 1 nitrogen and oxygen atoms in total. The summed E-state index contributed by atoms with van der Waals surface area (Å²) in [5.41, 5.74) is 0.465. The van der Waals surface area contributed by atoms with Crippen molar-refractivity contribution >= 4 is 11.8 Å². The smallest absolute Gasteiger partial charge is 0.159 e. The summed E-state index contributed by atoms with van der Waals surface area (Å²) >= 11 is 0.994. The van der Waals surface area contributed by atoms with E-state index in [1.54, 1.807) is 6.07 Å². The summed E-state index contributed by atoms with van der Waals surface area (Å²) in [6.07, 6.45) is -0.753. The van der Waals surface area contributed by atoms with Crippen LogP contribution in [0, 0.1) is 17.5 Å². The molecule has 100 valence electrons. The van der Waals surface area contributed by atoms with Gasteiger partial charge in [-0.15, -0.1) is 0 Å². The lowest BCUT2D eigenvalue weighted by molar-refractivity contribution is 0.198. The van der Waals surface area contributed by atoms with Crippen molar-refractivity contribution in [2.24, 2.45) is 0 Å². The van der Waals surface area contributed by atoms with E-state index < -0.39 is 23.6 Å². The zero-order valence-corrected chi connectivity index (χ0v) is 10.8. The highest BCUT2D eigenvalue weighted by Gasteiger charge is 2.10. The Morgan fingerprint density at radius 3 is 2.26 bits per heavy atom. The lowest BCUT2D eigenvalue weighted by Gasteiger charge is -2.08. The van der Waals surface area contributed by atoms with E-state index in [-0.39, 0.29) is 4.90 Å². The van der Waals surface area contributed by atoms with E-state index in [0.717, 1.165) is 23.9 Å². The van der Waals surface area contributed by atoms with Crippen LogP contribution in [0.2, 0.25) is 0 Å². The Morgan fingerprint density at radius 2 is 1.68 bits per heavy atom. The number of halogens is 3. The number of hydrogen-bond donors (Lipinski definition) is 1. The quantitative estimate of drug-likeness (QED) is 0.906. The number of aliphatic hydroxyl groups is 1. The molecule has 2 aromatic rings. The van der Waals surface area contributed by atoms with E-state index in [9.17, 15) is 18.3 Å². The van der Waals surface area contributed by atoms with Gasteiger partial charge in [0.15, 0.2) is 11.6 Å². The second-order valence-electron chi connectivity index (χ2n) is 4.04. The highest BCUT2D eigenvalue weighted by molar-refractivity contribution is 7.99. The topological polar surface area (TPSA) is 20.2 Å². The van der Waals surface area contributed by atoms with Gasteiger partial charge in [-0.2, -0.15) is 0 Å². The van der Waals surface area contributed by atoms with Gasteiger partial charge in [-0.1, -0.05) is 17.8 Å². The molecule has 0 bridgehead atoms. The molecule has 1 atom stereocenters. The van der Waals surface area contributed by atoms with Gasteiger partial charge in [0.25, 0.3) is 0 Å². The molecule has 0 aliphatic carbocycles. The molecule has 1 N–H and O–H groups in total. The van der Waals surface area contributed by atoms with Gasteiger partial charge in [-0.05, 0) is 42.8 Å². The van der Waals surface area contributed by atoms with Gasteiger partial charge in [0.05, 0.1) is 6.10 Å². The molecule has 0 amide bonds. The fourth-order valence-electron chi connectivity index (χ4n) is 1.53. The van der Waals surface area contributed by atoms with E-state index >= 15 is 0 Å². The molecular formula is C14H11F3OS. The van der Waals surface area contributed by atoms with Crippen LogP contribution in [-0.4, -0.2) is 5.11 Å². The Bertz CT molecular complexity index is 599. The summed E-state index contributed by atoms with van der Waals surface area (Å²) in [7, 11) is 0. The molecule has 1 unspecified atom stereocenters. The summed E-state index contributed by atoms with van der Waals surface area (Å²) < 4.78 is 39.6. The Morgan fingerprint density at radius 1 is 0.947 bits per heavy atom. The Labute approximate surface area is 113 Å². The van der Waals surface area contributed by atoms with Gasteiger partial charge in [0.2, 0.25) is 0 Å². The minimum absolute atomic E-state index is 0.287. The molecule has 0 aliphatic rings. The average Bonchev–Trinajstić information content (AvgIpc) is 2.36. The number of aliphatic hydroxyl groups excluding tert-OH is 1. The minimum Gasteiger partial charge on any atom is -0.389 e. The van der Waals surface area contributed by atoms with E-state index in [0.29, 0.717) is 10.5 Å². The summed E-state index contributed by atoms with van der Waals surface area (Å²) in [6, 6.07) is 7.72. The molecule has 0 radical (unpaired) electrons. The monoisotopic (exact) mass is 284 g/mol. The van der Waals surface area contributed by atoms with Crippen molar-refractivity contribution in [2.75, 3.05) is 0 Å². The first-order chi connectivity index (χ1) is 8.97. The highest BCUT2D eigenvalue weighted by Crippen LogP contribution is 2.31. The van der Waals surface area contributed by atoms with Gasteiger partial charge in [0.1, 0.15) is 5.82 Å². The van der Waals surface area contributed by atoms with Crippen LogP contribution >= 0.6 is 11.8 Å². The lowest BCUT2D eigenvalue weighted by atomic mass is 10.1. The van der Waals surface area contributed by atoms with Crippen molar-refractivity contribution in [2.45, 2.75) is 22.8 Å². The maximum Gasteiger partial charge on any atom is 0.159 e. The summed E-state index contributed by atoms with van der Waals surface area (Å²) in [4.78, 5) is 0.693. The van der Waals surface area contributed by atoms with E-state index in [1.807, 2.05) is 0 Å². The second kappa shape index (κ2) is 5.67. The molecule has 0 spiro atoms. The number of hydrogen-bond acceptors (Lipinski definition) is 2. The molecule has 5 heteroatoms. The first-order valence-electron chi connectivity index (χ1n) is 5.58. The Balaban J connectivity index is 2.25. The predicted octanol–water partition coefficient (Wildman–Crippen LogP) is 4.31. The summed E-state index contributed by atoms with van der Waals surface area (Å²) in [5.74, 6) is -2.41. The van der Waals surface area contributed by atoms with Crippen LogP contribution in [0.15, 0.2) is 46.2 Å². The van der Waals surface area contributed by atoms with E-state index in [2.05, 4.69) is 0 Å². The maximum atomic E-state index is 13.8. The second-order valence-corrected chi connectivity index (χ2v) is 5.16. The molecule has 0 aliphatic heterocycles. The molecule has 0 saturated heterocycles. The zero-order valence-electron chi connectivity index (χ0n) is 10.0. The van der Waals surface area contributed by atoms with Gasteiger partial charge in [-0.3, -0.25) is 0 Å². The fraction of sp³-hybridized carbons (Fsp3) is 0.143. The third-order valence-corrected chi connectivity index (χ3v) is 3.60. The SMILES string of the molecule is CC(O)c1ccc(Sc2ccc(F)c(F)c2)c(F)c1. The molecule has 0 aromatic heterocycles. The fourth-order valence-corrected chi connectivity index (χ4v) is 2.37. The molecule has 0 heterocycles. The van der Waals surface area contributed by atoms with Gasteiger partial charge >= 0.3 is 0 Å². The predicted molar refractivity (Wildman–Crippen MR) is 67.5 cm³/mol. The van der Waals surface area contributed by atoms with Crippen molar-refractivity contribution in [3.05, 3.63) is 59.4 Å². The summed E-state index contributed by atoms with van der Waals surface area (Å²) in [5, 5.41) is 9.33. The first kappa shape index (κ1) is 14.0. The van der Waals surface area contributed by atoms with Crippen LogP contribution < -0.4 is 0 Å². The number of benzene rings is 2. The zero-order chi connectivity index (χ0) is 14.0. The molecule has 2 aromatic carbocycles. The Hall–Kier alpha value is -1.46. The number of rotatable bonds is 3. The molecule has 19 heavy (non-hydrogen) atoms. The van der Waals surface area contributed by atoms with Crippen LogP contribution in [0.25, 0.3) is 0 Å². The van der Waals surface area contributed by atoms with Crippen molar-refractivity contribution in [1.29, 1.82) is 0 Å². The molecule has 2 rings (SSSR count). The van der Waals surface area contributed by atoms with Gasteiger partial charge in [0, 0.05) is 9.79 Å². The van der Waals surface area contributed by atoms with Crippen molar-refractivity contribution in [3.63, 3.8) is 0 Å². The van der Waals surface area contributed by atoms with Crippen molar-refractivity contribution < 1.29 is 18.3 Å². The van der Waals surface area contributed by atoms with Crippen molar-refractivity contribution in [1.82, 2.24) is 0 Å². The molecule has 0 saturated carbocycles. The van der Waals surface area contributed by atoms with Crippen LogP contribution in [0.3, 0.4) is 0 Å².